The van der Waals surface area contributed by atoms with E-state index >= 15 is 0 Å². The van der Waals surface area contributed by atoms with Crippen molar-refractivity contribution in [3.63, 3.8) is 0 Å². The number of hydrogen-bond donors (Lipinski definition) is 4. The lowest BCUT2D eigenvalue weighted by Gasteiger charge is -2.26. The number of carbonyl (C=O) groups is 2. The maximum absolute atomic E-state index is 11.7. The van der Waals surface area contributed by atoms with Crippen LogP contribution in [0.4, 0.5) is 4.79 Å². The molecule has 0 rings (SSSR count). The SMILES string of the molecule is CCCCCC(C)(C)CNC(=O)NCC(C)(O)CC(=O)O. The number of carboxylic acids is 1. The number of rotatable bonds is 10. The molecule has 0 aromatic rings. The predicted octanol–water partition coefficient (Wildman–Crippen LogP) is 2.12. The Morgan fingerprint density at radius 1 is 1.05 bits per heavy atom. The number of amides is 2. The van der Waals surface area contributed by atoms with Crippen LogP contribution in [0.25, 0.3) is 0 Å². The van der Waals surface area contributed by atoms with E-state index in [2.05, 4.69) is 31.4 Å². The molecule has 4 N–H and O–H groups in total. The zero-order valence-electron chi connectivity index (χ0n) is 13.7. The van der Waals surface area contributed by atoms with Crippen molar-refractivity contribution in [2.45, 2.75) is 65.4 Å². The van der Waals surface area contributed by atoms with Crippen LogP contribution in [0.15, 0.2) is 0 Å². The third-order valence-electron chi connectivity index (χ3n) is 3.35. The van der Waals surface area contributed by atoms with Crippen molar-refractivity contribution in [2.24, 2.45) is 5.41 Å². The number of urea groups is 1. The molecular formula is C15H30N2O4. The van der Waals surface area contributed by atoms with Crippen LogP contribution in [0.2, 0.25) is 0 Å². The van der Waals surface area contributed by atoms with Gasteiger partial charge >= 0.3 is 12.0 Å². The molecule has 2 amide bonds. The van der Waals surface area contributed by atoms with Crippen molar-refractivity contribution < 1.29 is 19.8 Å². The van der Waals surface area contributed by atoms with Crippen molar-refractivity contribution in [3.05, 3.63) is 0 Å². The van der Waals surface area contributed by atoms with E-state index in [0.29, 0.717) is 6.54 Å². The molecule has 0 aromatic heterocycles. The van der Waals surface area contributed by atoms with Crippen LogP contribution in [0.5, 0.6) is 0 Å². The van der Waals surface area contributed by atoms with E-state index in [9.17, 15) is 14.7 Å². The molecule has 0 heterocycles. The fourth-order valence-corrected chi connectivity index (χ4v) is 1.98. The molecule has 0 aliphatic heterocycles. The minimum atomic E-state index is -1.44. The summed E-state index contributed by atoms with van der Waals surface area (Å²) >= 11 is 0. The molecule has 0 fully saturated rings. The zero-order valence-corrected chi connectivity index (χ0v) is 13.7. The van der Waals surface area contributed by atoms with Crippen LogP contribution in [0, 0.1) is 5.41 Å². The number of aliphatic hydroxyl groups is 1. The maximum atomic E-state index is 11.7. The quantitative estimate of drug-likeness (QED) is 0.464. The Kier molecular flexibility index (Phi) is 8.32. The smallest absolute Gasteiger partial charge is 0.314 e. The normalized spacial score (nSPS) is 14.3. The van der Waals surface area contributed by atoms with Crippen LogP contribution in [-0.4, -0.2) is 40.9 Å². The Bertz CT molecular complexity index is 341. The second-order valence-electron chi connectivity index (χ2n) is 6.73. The van der Waals surface area contributed by atoms with Crippen LogP contribution >= 0.6 is 0 Å². The van der Waals surface area contributed by atoms with E-state index in [1.54, 1.807) is 0 Å². The molecule has 124 valence electrons. The highest BCUT2D eigenvalue weighted by Gasteiger charge is 2.25. The van der Waals surface area contributed by atoms with Gasteiger partial charge in [0, 0.05) is 13.1 Å². The van der Waals surface area contributed by atoms with E-state index < -0.39 is 18.0 Å². The Balaban J connectivity index is 4.01. The predicted molar refractivity (Wildman–Crippen MR) is 82.2 cm³/mol. The monoisotopic (exact) mass is 302 g/mol. The van der Waals surface area contributed by atoms with E-state index in [4.69, 9.17) is 5.11 Å². The highest BCUT2D eigenvalue weighted by Crippen LogP contribution is 2.22. The van der Waals surface area contributed by atoms with Gasteiger partial charge in [0.1, 0.15) is 0 Å². The summed E-state index contributed by atoms with van der Waals surface area (Å²) in [5.41, 5.74) is -1.42. The number of unbranched alkanes of at least 4 members (excludes halogenated alkanes) is 2. The van der Waals surface area contributed by atoms with Crippen LogP contribution in [0.1, 0.15) is 59.8 Å². The first kappa shape index (κ1) is 19.7. The fourth-order valence-electron chi connectivity index (χ4n) is 1.98. The first-order valence-electron chi connectivity index (χ1n) is 7.54. The zero-order chi connectivity index (χ0) is 16.5. The second kappa shape index (κ2) is 8.87. The van der Waals surface area contributed by atoms with Crippen molar-refractivity contribution in [2.75, 3.05) is 13.1 Å². The molecule has 6 heteroatoms. The summed E-state index contributed by atoms with van der Waals surface area (Å²) in [6.45, 7) is 8.19. The first-order valence-corrected chi connectivity index (χ1v) is 7.54. The lowest BCUT2D eigenvalue weighted by molar-refractivity contribution is -0.141. The van der Waals surface area contributed by atoms with Gasteiger partial charge in [-0.1, -0.05) is 40.0 Å². The Hall–Kier alpha value is -1.30. The number of carboxylic acid groups (broad SMARTS) is 1. The van der Waals surface area contributed by atoms with Crippen LogP contribution in [-0.2, 0) is 4.79 Å². The van der Waals surface area contributed by atoms with Gasteiger partial charge in [0.25, 0.3) is 0 Å². The summed E-state index contributed by atoms with van der Waals surface area (Å²) in [5, 5.41) is 23.7. The van der Waals surface area contributed by atoms with Crippen molar-refractivity contribution in [3.8, 4) is 0 Å². The van der Waals surface area contributed by atoms with E-state index in [-0.39, 0.29) is 18.0 Å². The van der Waals surface area contributed by atoms with Gasteiger partial charge in [-0.25, -0.2) is 4.79 Å². The molecule has 0 radical (unpaired) electrons. The summed E-state index contributed by atoms with van der Waals surface area (Å²) in [6, 6.07) is -0.385. The van der Waals surface area contributed by atoms with Crippen molar-refractivity contribution in [1.29, 1.82) is 0 Å². The second-order valence-corrected chi connectivity index (χ2v) is 6.73. The van der Waals surface area contributed by atoms with Gasteiger partial charge in [-0.05, 0) is 18.8 Å². The summed E-state index contributed by atoms with van der Waals surface area (Å²) in [5.74, 6) is -1.10. The summed E-state index contributed by atoms with van der Waals surface area (Å²) in [6.07, 6.45) is 4.13. The Morgan fingerprint density at radius 3 is 2.14 bits per heavy atom. The Morgan fingerprint density at radius 2 is 1.62 bits per heavy atom. The summed E-state index contributed by atoms with van der Waals surface area (Å²) in [4.78, 5) is 22.2. The molecular weight excluding hydrogens is 272 g/mol. The van der Waals surface area contributed by atoms with Crippen molar-refractivity contribution >= 4 is 12.0 Å². The minimum absolute atomic E-state index is 0.0239. The highest BCUT2D eigenvalue weighted by molar-refractivity contribution is 5.74. The number of nitrogens with one attached hydrogen (secondary N) is 2. The Labute approximate surface area is 127 Å². The molecule has 0 spiro atoms. The molecule has 1 unspecified atom stereocenters. The molecule has 0 saturated carbocycles. The largest absolute Gasteiger partial charge is 0.481 e. The van der Waals surface area contributed by atoms with E-state index in [0.717, 1.165) is 12.8 Å². The molecule has 0 saturated heterocycles. The van der Waals surface area contributed by atoms with Crippen LogP contribution in [0.3, 0.4) is 0 Å². The third-order valence-corrected chi connectivity index (χ3v) is 3.35. The first-order chi connectivity index (χ1) is 9.58. The average Bonchev–Trinajstić information content (AvgIpc) is 2.33. The molecule has 0 aliphatic rings. The molecule has 0 aromatic carbocycles. The molecule has 1 atom stereocenters. The number of aliphatic carboxylic acids is 1. The van der Waals surface area contributed by atoms with Gasteiger partial charge < -0.3 is 20.8 Å². The molecule has 0 bridgehead atoms. The van der Waals surface area contributed by atoms with E-state index in [1.807, 2.05) is 0 Å². The summed E-state index contributed by atoms with van der Waals surface area (Å²) in [7, 11) is 0. The molecule has 6 nitrogen and oxygen atoms in total. The lowest BCUT2D eigenvalue weighted by Crippen LogP contribution is -2.47. The highest BCUT2D eigenvalue weighted by atomic mass is 16.4. The average molecular weight is 302 g/mol. The lowest BCUT2D eigenvalue weighted by atomic mass is 9.87. The van der Waals surface area contributed by atoms with Gasteiger partial charge in [-0.2, -0.15) is 0 Å². The molecule has 0 aliphatic carbocycles. The van der Waals surface area contributed by atoms with Gasteiger partial charge in [0.15, 0.2) is 0 Å². The summed E-state index contributed by atoms with van der Waals surface area (Å²) < 4.78 is 0. The minimum Gasteiger partial charge on any atom is -0.481 e. The topological polar surface area (TPSA) is 98.7 Å². The number of hydrogen-bond acceptors (Lipinski definition) is 3. The molecule has 21 heavy (non-hydrogen) atoms. The standard InChI is InChI=1S/C15H30N2O4/c1-5-6-7-8-14(2,3)10-16-13(20)17-11-15(4,21)9-12(18)19/h21H,5-11H2,1-4H3,(H,18,19)(H2,16,17,20). The third kappa shape index (κ3) is 11.1. The van der Waals surface area contributed by atoms with Gasteiger partial charge in [0.05, 0.1) is 12.0 Å². The van der Waals surface area contributed by atoms with Gasteiger partial charge in [-0.3, -0.25) is 4.79 Å². The van der Waals surface area contributed by atoms with Crippen molar-refractivity contribution in [1.82, 2.24) is 10.6 Å². The van der Waals surface area contributed by atoms with Gasteiger partial charge in [0.2, 0.25) is 0 Å². The van der Waals surface area contributed by atoms with Crippen LogP contribution < -0.4 is 10.6 Å². The fraction of sp³-hybridized carbons (Fsp3) is 0.867. The van der Waals surface area contributed by atoms with Gasteiger partial charge in [-0.15, -0.1) is 0 Å². The maximum Gasteiger partial charge on any atom is 0.314 e. The van der Waals surface area contributed by atoms with E-state index in [1.165, 1.54) is 19.8 Å². The number of carbonyl (C=O) groups excluding carboxylic acids is 1.